The lowest BCUT2D eigenvalue weighted by Crippen LogP contribution is -2.48. The molecule has 2 fully saturated rings. The standard InChI is InChI=1S/C27H42N8O6S/c1-4-7-22-23(24(25(28)36)35(31-22)13-10-33-14-16-40-17-15-33)30-26(37)21-18-20(19-29-27(21)41-6-3)42(38,39)34-11-8-32(5-2)9-12-34/h18-19H,4-17H2,1-3H3,(H2,28,36)(H,30,37). The Balaban J connectivity index is 1.64. The van der Waals surface area contributed by atoms with Crippen LogP contribution in [0.5, 0.6) is 5.88 Å². The van der Waals surface area contributed by atoms with E-state index in [-0.39, 0.29) is 34.3 Å². The fourth-order valence-electron chi connectivity index (χ4n) is 5.13. The number of amides is 2. The molecule has 2 aliphatic rings. The zero-order valence-electron chi connectivity index (χ0n) is 24.7. The van der Waals surface area contributed by atoms with Crippen molar-refractivity contribution in [3.8, 4) is 5.88 Å². The molecule has 0 aromatic carbocycles. The van der Waals surface area contributed by atoms with Crippen molar-refractivity contribution in [1.29, 1.82) is 0 Å². The van der Waals surface area contributed by atoms with Gasteiger partial charge in [-0.2, -0.15) is 9.40 Å². The third-order valence-electron chi connectivity index (χ3n) is 7.48. The molecule has 2 saturated heterocycles. The van der Waals surface area contributed by atoms with Crippen LogP contribution >= 0.6 is 0 Å². The lowest BCUT2D eigenvalue weighted by Gasteiger charge is -2.33. The number of sulfonamides is 1. The van der Waals surface area contributed by atoms with E-state index in [2.05, 4.69) is 25.2 Å². The van der Waals surface area contributed by atoms with Gasteiger partial charge in [0.1, 0.15) is 16.2 Å². The molecule has 2 aliphatic heterocycles. The molecule has 232 valence electrons. The summed E-state index contributed by atoms with van der Waals surface area (Å²) in [5.41, 5.74) is 6.55. The van der Waals surface area contributed by atoms with E-state index < -0.39 is 21.8 Å². The first kappa shape index (κ1) is 31.8. The highest BCUT2D eigenvalue weighted by atomic mass is 32.2. The monoisotopic (exact) mass is 606 g/mol. The number of primary amides is 1. The normalized spacial score (nSPS) is 17.3. The molecule has 0 aliphatic carbocycles. The number of morpholine rings is 1. The van der Waals surface area contributed by atoms with Gasteiger partial charge in [0, 0.05) is 45.8 Å². The highest BCUT2D eigenvalue weighted by Gasteiger charge is 2.31. The SMILES string of the molecule is CCCc1nn(CCN2CCOCC2)c(C(N)=O)c1NC(=O)c1cc(S(=O)(=O)N2CCN(CC)CC2)cnc1OCC. The third-order valence-corrected chi connectivity index (χ3v) is 9.35. The third kappa shape index (κ3) is 7.26. The lowest BCUT2D eigenvalue weighted by molar-refractivity contribution is 0.0358. The van der Waals surface area contributed by atoms with Crippen LogP contribution in [-0.2, 0) is 27.7 Å². The van der Waals surface area contributed by atoms with Crippen LogP contribution in [-0.4, -0.2) is 121 Å². The highest BCUT2D eigenvalue weighted by Crippen LogP contribution is 2.27. The van der Waals surface area contributed by atoms with Gasteiger partial charge in [0.25, 0.3) is 11.8 Å². The summed E-state index contributed by atoms with van der Waals surface area (Å²) in [6.45, 7) is 12.6. The Morgan fingerprint density at radius 2 is 1.76 bits per heavy atom. The largest absolute Gasteiger partial charge is 0.477 e. The van der Waals surface area contributed by atoms with Gasteiger partial charge in [0.15, 0.2) is 0 Å². The number of anilines is 1. The molecule has 3 N–H and O–H groups in total. The fraction of sp³-hybridized carbons (Fsp3) is 0.630. The van der Waals surface area contributed by atoms with Gasteiger partial charge in [0.05, 0.1) is 43.9 Å². The van der Waals surface area contributed by atoms with Crippen molar-refractivity contribution in [3.63, 3.8) is 0 Å². The molecule has 14 nitrogen and oxygen atoms in total. The summed E-state index contributed by atoms with van der Waals surface area (Å²) in [6.07, 6.45) is 2.42. The molecule has 0 atom stereocenters. The van der Waals surface area contributed by atoms with E-state index in [1.54, 1.807) is 6.92 Å². The molecule has 4 rings (SSSR count). The van der Waals surface area contributed by atoms with E-state index in [4.69, 9.17) is 15.2 Å². The number of aryl methyl sites for hydroxylation is 1. The van der Waals surface area contributed by atoms with Gasteiger partial charge in [-0.25, -0.2) is 13.4 Å². The van der Waals surface area contributed by atoms with Crippen molar-refractivity contribution in [3.05, 3.63) is 29.2 Å². The summed E-state index contributed by atoms with van der Waals surface area (Å²) in [6, 6.07) is 1.28. The maximum Gasteiger partial charge on any atom is 0.269 e. The summed E-state index contributed by atoms with van der Waals surface area (Å²) in [5, 5.41) is 7.43. The topological polar surface area (TPSA) is 165 Å². The predicted octanol–water partition coefficient (Wildman–Crippen LogP) is 0.639. The van der Waals surface area contributed by atoms with E-state index in [1.807, 2.05) is 13.8 Å². The number of likely N-dealkylation sites (N-methyl/N-ethyl adjacent to an activating group) is 1. The second-order valence-corrected chi connectivity index (χ2v) is 12.1. The van der Waals surface area contributed by atoms with Gasteiger partial charge in [-0.3, -0.25) is 19.2 Å². The van der Waals surface area contributed by atoms with Crippen LogP contribution in [0.4, 0.5) is 5.69 Å². The van der Waals surface area contributed by atoms with E-state index in [1.165, 1.54) is 21.3 Å². The number of nitrogens with one attached hydrogen (secondary N) is 1. The molecule has 4 heterocycles. The van der Waals surface area contributed by atoms with Crippen LogP contribution in [0.25, 0.3) is 0 Å². The van der Waals surface area contributed by atoms with Gasteiger partial charge < -0.3 is 25.4 Å². The lowest BCUT2D eigenvalue weighted by atomic mass is 10.1. The molecular weight excluding hydrogens is 564 g/mol. The molecule has 2 aromatic rings. The first-order chi connectivity index (χ1) is 20.2. The van der Waals surface area contributed by atoms with Gasteiger partial charge >= 0.3 is 0 Å². The second kappa shape index (κ2) is 14.4. The molecule has 2 amide bonds. The Kier molecular flexibility index (Phi) is 10.9. The number of nitrogens with two attached hydrogens (primary N) is 1. The fourth-order valence-corrected chi connectivity index (χ4v) is 6.53. The van der Waals surface area contributed by atoms with Crippen LogP contribution < -0.4 is 15.8 Å². The molecule has 15 heteroatoms. The average molecular weight is 607 g/mol. The predicted molar refractivity (Wildman–Crippen MR) is 156 cm³/mol. The number of carbonyl (C=O) groups excluding carboxylic acids is 2. The van der Waals surface area contributed by atoms with Gasteiger partial charge in [-0.1, -0.05) is 20.3 Å². The van der Waals surface area contributed by atoms with Crippen molar-refractivity contribution < 1.29 is 27.5 Å². The quantitative estimate of drug-likeness (QED) is 0.331. The zero-order chi connectivity index (χ0) is 30.3. The Morgan fingerprint density at radius 3 is 2.38 bits per heavy atom. The van der Waals surface area contributed by atoms with E-state index in [0.717, 1.165) is 19.6 Å². The van der Waals surface area contributed by atoms with E-state index >= 15 is 0 Å². The number of hydrogen-bond acceptors (Lipinski definition) is 10. The number of piperazine rings is 1. The van der Waals surface area contributed by atoms with Gasteiger partial charge in [0.2, 0.25) is 15.9 Å². The molecule has 0 bridgehead atoms. The van der Waals surface area contributed by atoms with E-state index in [0.29, 0.717) is 71.0 Å². The molecule has 42 heavy (non-hydrogen) atoms. The summed E-state index contributed by atoms with van der Waals surface area (Å²) in [4.78, 5) is 34.9. The molecule has 2 aromatic heterocycles. The number of rotatable bonds is 13. The minimum absolute atomic E-state index is 0.0119. The van der Waals surface area contributed by atoms with Crippen LogP contribution in [0, 0.1) is 0 Å². The number of carbonyl (C=O) groups is 2. The average Bonchev–Trinajstić information content (AvgIpc) is 3.33. The van der Waals surface area contributed by atoms with Gasteiger partial charge in [-0.15, -0.1) is 0 Å². The molecule has 0 saturated carbocycles. The molecule has 0 radical (unpaired) electrons. The number of hydrogen-bond donors (Lipinski definition) is 2. The Labute approximate surface area is 247 Å². The summed E-state index contributed by atoms with van der Waals surface area (Å²) in [5.74, 6) is -1.42. The van der Waals surface area contributed by atoms with Crippen LogP contribution in [0.3, 0.4) is 0 Å². The van der Waals surface area contributed by atoms with Crippen molar-refractivity contribution in [2.45, 2.75) is 45.1 Å². The molecular formula is C27H42N8O6S. The Morgan fingerprint density at radius 1 is 1.05 bits per heavy atom. The second-order valence-electron chi connectivity index (χ2n) is 10.2. The summed E-state index contributed by atoms with van der Waals surface area (Å²) in [7, 11) is -3.90. The molecule has 0 spiro atoms. The Bertz CT molecular complexity index is 1350. The summed E-state index contributed by atoms with van der Waals surface area (Å²) < 4.78 is 40.9. The number of pyridine rings is 1. The first-order valence-corrected chi connectivity index (χ1v) is 16.0. The van der Waals surface area contributed by atoms with Crippen molar-refractivity contribution >= 4 is 27.5 Å². The first-order valence-electron chi connectivity index (χ1n) is 14.6. The Hall–Kier alpha value is -3.11. The van der Waals surface area contributed by atoms with Gasteiger partial charge in [-0.05, 0) is 26.0 Å². The minimum Gasteiger partial charge on any atom is -0.477 e. The number of nitrogens with zero attached hydrogens (tertiary/aromatic N) is 6. The highest BCUT2D eigenvalue weighted by molar-refractivity contribution is 7.89. The van der Waals surface area contributed by atoms with Crippen LogP contribution in [0.1, 0.15) is 53.7 Å². The number of aromatic nitrogens is 3. The summed E-state index contributed by atoms with van der Waals surface area (Å²) >= 11 is 0. The van der Waals surface area contributed by atoms with Crippen LogP contribution in [0.15, 0.2) is 17.2 Å². The minimum atomic E-state index is -3.90. The maximum absolute atomic E-state index is 13.7. The smallest absolute Gasteiger partial charge is 0.269 e. The maximum atomic E-state index is 13.7. The van der Waals surface area contributed by atoms with Crippen molar-refractivity contribution in [2.75, 3.05) is 77.5 Å². The zero-order valence-corrected chi connectivity index (χ0v) is 25.5. The number of ether oxygens (including phenoxy) is 2. The molecule has 0 unspecified atom stereocenters. The van der Waals surface area contributed by atoms with Crippen LogP contribution in [0.2, 0.25) is 0 Å². The van der Waals surface area contributed by atoms with Crippen molar-refractivity contribution in [2.24, 2.45) is 5.73 Å². The van der Waals surface area contributed by atoms with Crippen molar-refractivity contribution in [1.82, 2.24) is 28.9 Å². The van der Waals surface area contributed by atoms with E-state index in [9.17, 15) is 18.0 Å².